The second-order valence-corrected chi connectivity index (χ2v) is 7.60. The lowest BCUT2D eigenvalue weighted by Crippen LogP contribution is -2.40. The maximum Gasteiger partial charge on any atom is 0.249 e. The van der Waals surface area contributed by atoms with Crippen LogP contribution >= 0.6 is 0 Å². The van der Waals surface area contributed by atoms with Gasteiger partial charge in [0.05, 0.1) is 7.11 Å². The molecule has 1 saturated heterocycles. The molecule has 0 N–H and O–H groups in total. The zero-order valence-corrected chi connectivity index (χ0v) is 17.7. The summed E-state index contributed by atoms with van der Waals surface area (Å²) in [6.45, 7) is 3.69. The fourth-order valence-electron chi connectivity index (χ4n) is 3.62. The van der Waals surface area contributed by atoms with Crippen molar-refractivity contribution < 1.29 is 9.47 Å². The standard InChI is InChI=1S/C24H26N4O2/c1-17-15-20(29-3)11-9-18(17)10-12-22-24(27-21-8-6-13-25-23(21)26-22)30-16-19-7-4-5-14-28(19)2/h6,8-9,11,13,15,19H,4-5,7,14,16H2,1-3H3. The molecule has 0 spiro atoms. The Morgan fingerprint density at radius 2 is 2.07 bits per heavy atom. The number of aryl methyl sites for hydroxylation is 1. The molecule has 1 fully saturated rings. The first-order chi connectivity index (χ1) is 14.6. The van der Waals surface area contributed by atoms with Gasteiger partial charge in [0.25, 0.3) is 0 Å². The zero-order chi connectivity index (χ0) is 20.9. The zero-order valence-electron chi connectivity index (χ0n) is 17.7. The van der Waals surface area contributed by atoms with Gasteiger partial charge in [0.2, 0.25) is 5.88 Å². The van der Waals surface area contributed by atoms with Crippen molar-refractivity contribution in [1.29, 1.82) is 0 Å². The Bertz CT molecular complexity index is 1100. The van der Waals surface area contributed by atoms with Gasteiger partial charge >= 0.3 is 0 Å². The monoisotopic (exact) mass is 402 g/mol. The summed E-state index contributed by atoms with van der Waals surface area (Å²) in [4.78, 5) is 16.0. The lowest BCUT2D eigenvalue weighted by molar-refractivity contribution is 0.122. The van der Waals surface area contributed by atoms with Gasteiger partial charge in [-0.3, -0.25) is 0 Å². The number of aromatic nitrogens is 3. The van der Waals surface area contributed by atoms with Gasteiger partial charge in [0.15, 0.2) is 11.3 Å². The predicted octanol–water partition coefficient (Wildman–Crippen LogP) is 3.60. The first-order valence-electron chi connectivity index (χ1n) is 10.3. The summed E-state index contributed by atoms with van der Waals surface area (Å²) in [5.41, 5.74) is 3.73. The van der Waals surface area contributed by atoms with E-state index in [0.29, 0.717) is 35.4 Å². The van der Waals surface area contributed by atoms with Crippen molar-refractivity contribution in [2.75, 3.05) is 27.3 Å². The fourth-order valence-corrected chi connectivity index (χ4v) is 3.62. The van der Waals surface area contributed by atoms with E-state index < -0.39 is 0 Å². The Balaban J connectivity index is 1.65. The van der Waals surface area contributed by atoms with Gasteiger partial charge in [0, 0.05) is 17.8 Å². The molecule has 0 amide bonds. The van der Waals surface area contributed by atoms with Gasteiger partial charge in [-0.25, -0.2) is 15.0 Å². The Morgan fingerprint density at radius 1 is 1.17 bits per heavy atom. The van der Waals surface area contributed by atoms with Crippen molar-refractivity contribution >= 4 is 11.2 Å². The van der Waals surface area contributed by atoms with E-state index in [1.807, 2.05) is 37.3 Å². The topological polar surface area (TPSA) is 60.4 Å². The number of rotatable bonds is 4. The number of hydrogen-bond donors (Lipinski definition) is 0. The van der Waals surface area contributed by atoms with Gasteiger partial charge in [-0.05, 0) is 75.2 Å². The molecule has 154 valence electrons. The molecule has 30 heavy (non-hydrogen) atoms. The average Bonchev–Trinajstić information content (AvgIpc) is 2.77. The number of hydrogen-bond acceptors (Lipinski definition) is 6. The van der Waals surface area contributed by atoms with Crippen molar-refractivity contribution in [3.05, 3.63) is 53.3 Å². The number of nitrogens with zero attached hydrogens (tertiary/aromatic N) is 4. The summed E-state index contributed by atoms with van der Waals surface area (Å²) in [6, 6.07) is 9.94. The molecule has 3 aromatic rings. The highest BCUT2D eigenvalue weighted by Gasteiger charge is 2.20. The maximum absolute atomic E-state index is 6.14. The quantitative estimate of drug-likeness (QED) is 0.622. The number of likely N-dealkylation sites (N-methyl/N-ethyl adjacent to an activating group) is 1. The Morgan fingerprint density at radius 3 is 2.87 bits per heavy atom. The number of likely N-dealkylation sites (tertiary alicyclic amines) is 1. The molecule has 1 atom stereocenters. The molecule has 4 rings (SSSR count). The maximum atomic E-state index is 6.14. The van der Waals surface area contributed by atoms with Crippen LogP contribution in [0.1, 0.15) is 36.1 Å². The number of benzene rings is 1. The van der Waals surface area contributed by atoms with E-state index in [1.54, 1.807) is 13.3 Å². The molecule has 6 nitrogen and oxygen atoms in total. The van der Waals surface area contributed by atoms with Gasteiger partial charge in [-0.2, -0.15) is 0 Å². The van der Waals surface area contributed by atoms with Crippen LogP contribution in [-0.4, -0.2) is 53.2 Å². The van der Waals surface area contributed by atoms with E-state index in [1.165, 1.54) is 12.8 Å². The summed E-state index contributed by atoms with van der Waals surface area (Å²) in [7, 11) is 3.81. The van der Waals surface area contributed by atoms with Crippen molar-refractivity contribution in [3.63, 3.8) is 0 Å². The van der Waals surface area contributed by atoms with Crippen LogP contribution in [0.15, 0.2) is 36.5 Å². The first-order valence-corrected chi connectivity index (χ1v) is 10.3. The van der Waals surface area contributed by atoms with E-state index in [-0.39, 0.29) is 0 Å². The molecule has 1 aromatic carbocycles. The van der Waals surface area contributed by atoms with E-state index in [2.05, 4.69) is 38.7 Å². The minimum Gasteiger partial charge on any atom is -0.497 e. The van der Waals surface area contributed by atoms with E-state index in [4.69, 9.17) is 9.47 Å². The van der Waals surface area contributed by atoms with Crippen molar-refractivity contribution in [2.45, 2.75) is 32.2 Å². The second-order valence-electron chi connectivity index (χ2n) is 7.60. The van der Waals surface area contributed by atoms with Crippen LogP contribution in [0.4, 0.5) is 0 Å². The summed E-state index contributed by atoms with van der Waals surface area (Å²) in [6.07, 6.45) is 5.31. The van der Waals surface area contributed by atoms with Gasteiger partial charge in [-0.15, -0.1) is 0 Å². The minimum absolute atomic E-state index is 0.384. The number of methoxy groups -OCH3 is 1. The molecule has 3 heterocycles. The molecule has 0 bridgehead atoms. The molecular weight excluding hydrogens is 376 g/mol. The van der Waals surface area contributed by atoms with Gasteiger partial charge < -0.3 is 14.4 Å². The van der Waals surface area contributed by atoms with E-state index >= 15 is 0 Å². The fraction of sp³-hybridized carbons (Fsp3) is 0.375. The largest absolute Gasteiger partial charge is 0.497 e. The Kier molecular flexibility index (Phi) is 6.10. The Hall–Kier alpha value is -3.17. The third kappa shape index (κ3) is 4.52. The lowest BCUT2D eigenvalue weighted by Gasteiger charge is -2.32. The summed E-state index contributed by atoms with van der Waals surface area (Å²) in [5, 5.41) is 0. The van der Waals surface area contributed by atoms with Crippen LogP contribution in [0.3, 0.4) is 0 Å². The van der Waals surface area contributed by atoms with E-state index in [9.17, 15) is 0 Å². The molecule has 6 heteroatoms. The molecule has 0 aliphatic carbocycles. The molecule has 1 unspecified atom stereocenters. The normalized spacial score (nSPS) is 16.7. The van der Waals surface area contributed by atoms with Crippen LogP contribution < -0.4 is 9.47 Å². The highest BCUT2D eigenvalue weighted by Crippen LogP contribution is 2.21. The number of ether oxygens (including phenoxy) is 2. The van der Waals surface area contributed by atoms with Crippen LogP contribution in [0.2, 0.25) is 0 Å². The summed E-state index contributed by atoms with van der Waals surface area (Å²) in [5.74, 6) is 7.64. The van der Waals surface area contributed by atoms with E-state index in [0.717, 1.165) is 29.8 Å². The first kappa shape index (κ1) is 20.1. The molecular formula is C24H26N4O2. The third-order valence-electron chi connectivity index (χ3n) is 5.49. The number of fused-ring (bicyclic) bond motifs is 1. The third-order valence-corrected chi connectivity index (χ3v) is 5.49. The van der Waals surface area contributed by atoms with Crippen LogP contribution in [0, 0.1) is 18.8 Å². The number of pyridine rings is 1. The highest BCUT2D eigenvalue weighted by molar-refractivity contribution is 5.71. The van der Waals surface area contributed by atoms with Gasteiger partial charge in [-0.1, -0.05) is 12.3 Å². The van der Waals surface area contributed by atoms with Crippen molar-refractivity contribution in [1.82, 2.24) is 19.9 Å². The summed E-state index contributed by atoms with van der Waals surface area (Å²) < 4.78 is 11.4. The van der Waals surface area contributed by atoms with Crippen molar-refractivity contribution in [3.8, 4) is 23.5 Å². The average molecular weight is 402 g/mol. The molecule has 1 aliphatic heterocycles. The smallest absolute Gasteiger partial charge is 0.249 e. The van der Waals surface area contributed by atoms with Gasteiger partial charge in [0.1, 0.15) is 17.9 Å². The van der Waals surface area contributed by atoms with Crippen molar-refractivity contribution in [2.24, 2.45) is 0 Å². The summed E-state index contributed by atoms with van der Waals surface area (Å²) >= 11 is 0. The molecule has 0 radical (unpaired) electrons. The second kappa shape index (κ2) is 9.10. The SMILES string of the molecule is COc1ccc(C#Cc2nc3ncccc3nc2OCC2CCCCN2C)c(C)c1. The molecule has 0 saturated carbocycles. The minimum atomic E-state index is 0.384. The number of piperidine rings is 1. The molecule has 2 aromatic heterocycles. The molecule has 1 aliphatic rings. The van der Waals surface area contributed by atoms with Crippen LogP contribution in [0.25, 0.3) is 11.2 Å². The van der Waals surface area contributed by atoms with Crippen LogP contribution in [0.5, 0.6) is 11.6 Å². The van der Waals surface area contributed by atoms with Crippen LogP contribution in [-0.2, 0) is 0 Å². The lowest BCUT2D eigenvalue weighted by atomic mass is 10.0. The highest BCUT2D eigenvalue weighted by atomic mass is 16.5. The Labute approximate surface area is 177 Å². The predicted molar refractivity (Wildman–Crippen MR) is 117 cm³/mol.